The maximum absolute atomic E-state index is 3.76. The van der Waals surface area contributed by atoms with Gasteiger partial charge in [-0.25, -0.2) is 0 Å². The molecule has 2 nitrogen and oxygen atoms in total. The number of nitrogens with zero attached hydrogens (tertiary/aromatic N) is 1. The molecular formula is C14H28N2S. The van der Waals surface area contributed by atoms with Crippen LogP contribution in [0.2, 0.25) is 0 Å². The van der Waals surface area contributed by atoms with Crippen molar-refractivity contribution in [1.82, 2.24) is 10.2 Å². The number of nitrogens with one attached hydrogen (secondary N) is 1. The number of hydrogen-bond donors (Lipinski definition) is 1. The van der Waals surface area contributed by atoms with E-state index in [4.69, 9.17) is 0 Å². The van der Waals surface area contributed by atoms with Crippen molar-refractivity contribution in [1.29, 1.82) is 0 Å². The second-order valence-electron chi connectivity index (χ2n) is 5.61. The van der Waals surface area contributed by atoms with Crippen molar-refractivity contribution in [2.24, 2.45) is 5.92 Å². The molecule has 17 heavy (non-hydrogen) atoms. The first kappa shape index (κ1) is 13.7. The Hall–Kier alpha value is 0.270. The lowest BCUT2D eigenvalue weighted by Gasteiger charge is -2.39. The zero-order valence-corrected chi connectivity index (χ0v) is 12.1. The minimum absolute atomic E-state index is 0.790. The number of rotatable bonds is 5. The molecule has 1 unspecified atom stereocenters. The molecule has 0 spiro atoms. The van der Waals surface area contributed by atoms with Gasteiger partial charge in [0.1, 0.15) is 0 Å². The van der Waals surface area contributed by atoms with Gasteiger partial charge in [-0.2, -0.15) is 11.8 Å². The predicted octanol–water partition coefficient (Wildman–Crippen LogP) is 2.59. The normalized spacial score (nSPS) is 28.4. The summed E-state index contributed by atoms with van der Waals surface area (Å²) >= 11 is 1.98. The highest BCUT2D eigenvalue weighted by atomic mass is 32.2. The van der Waals surface area contributed by atoms with Crippen molar-refractivity contribution in [3.8, 4) is 0 Å². The minimum atomic E-state index is 0.790. The van der Waals surface area contributed by atoms with E-state index >= 15 is 0 Å². The van der Waals surface area contributed by atoms with Gasteiger partial charge in [0.25, 0.3) is 0 Å². The van der Waals surface area contributed by atoms with E-state index in [1.54, 1.807) is 0 Å². The Morgan fingerprint density at radius 3 is 2.82 bits per heavy atom. The van der Waals surface area contributed by atoms with Gasteiger partial charge in [-0.1, -0.05) is 19.3 Å². The van der Waals surface area contributed by atoms with Gasteiger partial charge in [0.05, 0.1) is 0 Å². The molecule has 1 saturated carbocycles. The van der Waals surface area contributed by atoms with Gasteiger partial charge in [0.15, 0.2) is 0 Å². The number of piperazine rings is 1. The lowest BCUT2D eigenvalue weighted by molar-refractivity contribution is 0.147. The largest absolute Gasteiger partial charge is 0.311 e. The van der Waals surface area contributed by atoms with Crippen LogP contribution in [0.3, 0.4) is 0 Å². The maximum Gasteiger partial charge on any atom is 0.0223 e. The van der Waals surface area contributed by atoms with Gasteiger partial charge in [0, 0.05) is 25.7 Å². The standard InChI is InChI=1S/C14H28N2S/c1-17-11-5-9-16-10-8-15-14(12-16)13-6-3-2-4-7-13/h13-15H,2-12H2,1H3. The van der Waals surface area contributed by atoms with Crippen LogP contribution in [-0.2, 0) is 0 Å². The van der Waals surface area contributed by atoms with Gasteiger partial charge in [-0.15, -0.1) is 0 Å². The Labute approximate surface area is 111 Å². The Balaban J connectivity index is 1.71. The second-order valence-corrected chi connectivity index (χ2v) is 6.59. The summed E-state index contributed by atoms with van der Waals surface area (Å²) < 4.78 is 0. The molecule has 0 bridgehead atoms. The molecule has 0 aromatic rings. The van der Waals surface area contributed by atoms with E-state index in [0.29, 0.717) is 0 Å². The lowest BCUT2D eigenvalue weighted by Crippen LogP contribution is -2.54. The first-order valence-electron chi connectivity index (χ1n) is 7.35. The molecule has 1 N–H and O–H groups in total. The second kappa shape index (κ2) is 7.65. The Morgan fingerprint density at radius 1 is 1.24 bits per heavy atom. The molecule has 3 heteroatoms. The maximum atomic E-state index is 3.76. The smallest absolute Gasteiger partial charge is 0.0223 e. The summed E-state index contributed by atoms with van der Waals surface area (Å²) in [6, 6.07) is 0.790. The molecule has 100 valence electrons. The third-order valence-corrected chi connectivity index (χ3v) is 5.03. The van der Waals surface area contributed by atoms with Crippen molar-refractivity contribution in [2.45, 2.75) is 44.6 Å². The van der Waals surface area contributed by atoms with Crippen molar-refractivity contribution < 1.29 is 0 Å². The molecule has 0 amide bonds. The third-order valence-electron chi connectivity index (χ3n) is 4.33. The highest BCUT2D eigenvalue weighted by Gasteiger charge is 2.27. The number of thioether (sulfide) groups is 1. The fraction of sp³-hybridized carbons (Fsp3) is 1.00. The highest BCUT2D eigenvalue weighted by molar-refractivity contribution is 7.98. The molecule has 0 aromatic heterocycles. The van der Waals surface area contributed by atoms with Crippen LogP contribution in [0, 0.1) is 5.92 Å². The minimum Gasteiger partial charge on any atom is -0.311 e. The monoisotopic (exact) mass is 256 g/mol. The average Bonchev–Trinajstić information content (AvgIpc) is 2.41. The first-order valence-corrected chi connectivity index (χ1v) is 8.74. The molecule has 2 rings (SSSR count). The summed E-state index contributed by atoms with van der Waals surface area (Å²) in [5.74, 6) is 2.28. The fourth-order valence-electron chi connectivity index (χ4n) is 3.33. The Kier molecular flexibility index (Phi) is 6.16. The molecule has 2 aliphatic rings. The van der Waals surface area contributed by atoms with Gasteiger partial charge < -0.3 is 10.2 Å². The summed E-state index contributed by atoms with van der Waals surface area (Å²) in [7, 11) is 0. The molecule has 1 aliphatic heterocycles. The van der Waals surface area contributed by atoms with Crippen LogP contribution < -0.4 is 5.32 Å². The van der Waals surface area contributed by atoms with E-state index in [0.717, 1.165) is 12.0 Å². The first-order chi connectivity index (χ1) is 8.40. The summed E-state index contributed by atoms with van der Waals surface area (Å²) in [5.41, 5.74) is 0. The van der Waals surface area contributed by atoms with E-state index in [-0.39, 0.29) is 0 Å². The van der Waals surface area contributed by atoms with Crippen LogP contribution >= 0.6 is 11.8 Å². The van der Waals surface area contributed by atoms with Gasteiger partial charge in [-0.05, 0) is 43.7 Å². The fourth-order valence-corrected chi connectivity index (χ4v) is 3.75. The Bertz CT molecular complexity index is 204. The van der Waals surface area contributed by atoms with Crippen LogP contribution in [0.1, 0.15) is 38.5 Å². The summed E-state index contributed by atoms with van der Waals surface area (Å²) in [4.78, 5) is 2.69. The molecule has 1 atom stereocenters. The summed E-state index contributed by atoms with van der Waals surface area (Å²) in [5, 5.41) is 3.76. The predicted molar refractivity (Wildman–Crippen MR) is 77.8 cm³/mol. The molecule has 2 fully saturated rings. The van der Waals surface area contributed by atoms with Crippen LogP contribution in [0.4, 0.5) is 0 Å². The summed E-state index contributed by atoms with van der Waals surface area (Å²) in [6.07, 6.45) is 10.9. The highest BCUT2D eigenvalue weighted by Crippen LogP contribution is 2.27. The zero-order valence-electron chi connectivity index (χ0n) is 11.3. The van der Waals surface area contributed by atoms with Crippen LogP contribution in [0.5, 0.6) is 0 Å². The van der Waals surface area contributed by atoms with Crippen molar-refractivity contribution in [3.63, 3.8) is 0 Å². The molecule has 0 aromatic carbocycles. The van der Waals surface area contributed by atoms with E-state index in [2.05, 4.69) is 16.5 Å². The third kappa shape index (κ3) is 4.46. The van der Waals surface area contributed by atoms with E-state index < -0.39 is 0 Å². The van der Waals surface area contributed by atoms with Crippen LogP contribution in [-0.4, -0.2) is 49.1 Å². The van der Waals surface area contributed by atoms with Gasteiger partial charge in [-0.3, -0.25) is 0 Å². The topological polar surface area (TPSA) is 15.3 Å². The van der Waals surface area contributed by atoms with Crippen molar-refractivity contribution in [3.05, 3.63) is 0 Å². The molecular weight excluding hydrogens is 228 g/mol. The summed E-state index contributed by atoms with van der Waals surface area (Å²) in [6.45, 7) is 5.09. The molecule has 1 saturated heterocycles. The SMILES string of the molecule is CSCCCN1CCNC(C2CCCCC2)C1. The zero-order chi connectivity index (χ0) is 11.9. The van der Waals surface area contributed by atoms with E-state index in [1.165, 1.54) is 70.5 Å². The van der Waals surface area contributed by atoms with Crippen LogP contribution in [0.25, 0.3) is 0 Å². The molecule has 1 aliphatic carbocycles. The average molecular weight is 256 g/mol. The van der Waals surface area contributed by atoms with Crippen LogP contribution in [0.15, 0.2) is 0 Å². The van der Waals surface area contributed by atoms with Gasteiger partial charge >= 0.3 is 0 Å². The molecule has 1 heterocycles. The Morgan fingerprint density at radius 2 is 2.06 bits per heavy atom. The lowest BCUT2D eigenvalue weighted by atomic mass is 9.83. The quantitative estimate of drug-likeness (QED) is 0.761. The number of hydrogen-bond acceptors (Lipinski definition) is 3. The van der Waals surface area contributed by atoms with E-state index in [9.17, 15) is 0 Å². The van der Waals surface area contributed by atoms with Gasteiger partial charge in [0.2, 0.25) is 0 Å². The molecule has 0 radical (unpaired) electrons. The van der Waals surface area contributed by atoms with E-state index in [1.807, 2.05) is 11.8 Å². The van der Waals surface area contributed by atoms with Crippen molar-refractivity contribution in [2.75, 3.05) is 38.2 Å². The van der Waals surface area contributed by atoms with Crippen molar-refractivity contribution >= 4 is 11.8 Å².